The van der Waals surface area contributed by atoms with E-state index in [9.17, 15) is 9.59 Å². The van der Waals surface area contributed by atoms with Crippen molar-refractivity contribution in [2.75, 3.05) is 38.6 Å². The van der Waals surface area contributed by atoms with Gasteiger partial charge >= 0.3 is 12.1 Å². The standard InChI is InChI=1S/C15H21N5O3/c1-23-13-12(5-2-6-16-13)18-15(22)19-8-3-4-11(10-19)20-9-7-17-14(20)21/h2,5-6,11H,3-4,7-10H2,1H3,(H,17,21)(H,18,22). The fourth-order valence-electron chi connectivity index (χ4n) is 3.07. The van der Waals surface area contributed by atoms with E-state index in [1.807, 2.05) is 4.90 Å². The lowest BCUT2D eigenvalue weighted by molar-refractivity contribution is 0.139. The average Bonchev–Trinajstić information content (AvgIpc) is 3.01. The number of urea groups is 2. The Morgan fingerprint density at radius 2 is 2.35 bits per heavy atom. The minimum atomic E-state index is -0.194. The van der Waals surface area contributed by atoms with Gasteiger partial charge in [0.15, 0.2) is 0 Å². The number of aromatic nitrogens is 1. The van der Waals surface area contributed by atoms with Gasteiger partial charge < -0.3 is 25.2 Å². The summed E-state index contributed by atoms with van der Waals surface area (Å²) >= 11 is 0. The van der Waals surface area contributed by atoms with Crippen LogP contribution in [0, 0.1) is 0 Å². The Bertz CT molecular complexity index is 594. The number of rotatable bonds is 3. The molecule has 3 heterocycles. The third-order valence-electron chi connectivity index (χ3n) is 4.22. The van der Waals surface area contributed by atoms with Crippen LogP contribution in [0.15, 0.2) is 18.3 Å². The van der Waals surface area contributed by atoms with Gasteiger partial charge in [-0.1, -0.05) is 0 Å². The quantitative estimate of drug-likeness (QED) is 0.874. The number of carbonyl (C=O) groups excluding carboxylic acids is 2. The molecule has 1 unspecified atom stereocenters. The van der Waals surface area contributed by atoms with Crippen LogP contribution in [0.25, 0.3) is 0 Å². The van der Waals surface area contributed by atoms with Crippen LogP contribution in [0.5, 0.6) is 5.88 Å². The predicted octanol–water partition coefficient (Wildman–Crippen LogP) is 1.11. The van der Waals surface area contributed by atoms with Crippen LogP contribution in [-0.2, 0) is 0 Å². The fourth-order valence-corrected chi connectivity index (χ4v) is 3.07. The molecule has 0 radical (unpaired) electrons. The number of piperidine rings is 1. The molecule has 1 aromatic heterocycles. The molecule has 1 aromatic rings. The topological polar surface area (TPSA) is 86.8 Å². The van der Waals surface area contributed by atoms with Crippen LogP contribution < -0.4 is 15.4 Å². The molecule has 124 valence electrons. The number of hydrogen-bond donors (Lipinski definition) is 2. The van der Waals surface area contributed by atoms with Crippen molar-refractivity contribution in [2.24, 2.45) is 0 Å². The highest BCUT2D eigenvalue weighted by Gasteiger charge is 2.32. The second-order valence-electron chi connectivity index (χ2n) is 5.66. The minimum absolute atomic E-state index is 0.0359. The van der Waals surface area contributed by atoms with E-state index in [0.717, 1.165) is 12.8 Å². The number of ether oxygens (including phenoxy) is 1. The molecule has 23 heavy (non-hydrogen) atoms. The van der Waals surface area contributed by atoms with Gasteiger partial charge in [-0.15, -0.1) is 0 Å². The van der Waals surface area contributed by atoms with Gasteiger partial charge in [0.2, 0.25) is 5.88 Å². The summed E-state index contributed by atoms with van der Waals surface area (Å²) < 4.78 is 5.14. The number of nitrogens with zero attached hydrogens (tertiary/aromatic N) is 3. The van der Waals surface area contributed by atoms with Crippen molar-refractivity contribution < 1.29 is 14.3 Å². The number of pyridine rings is 1. The summed E-state index contributed by atoms with van der Waals surface area (Å²) in [6, 6.07) is 3.34. The summed E-state index contributed by atoms with van der Waals surface area (Å²) in [7, 11) is 1.51. The number of carbonyl (C=O) groups is 2. The van der Waals surface area contributed by atoms with Gasteiger partial charge in [-0.05, 0) is 25.0 Å². The monoisotopic (exact) mass is 319 g/mol. The van der Waals surface area contributed by atoms with Crippen molar-refractivity contribution in [1.29, 1.82) is 0 Å². The molecule has 2 aliphatic heterocycles. The molecule has 2 fully saturated rings. The first-order chi connectivity index (χ1) is 11.2. The molecule has 2 N–H and O–H groups in total. The second-order valence-corrected chi connectivity index (χ2v) is 5.66. The van der Waals surface area contributed by atoms with Crippen molar-refractivity contribution in [2.45, 2.75) is 18.9 Å². The lowest BCUT2D eigenvalue weighted by Crippen LogP contribution is -2.51. The highest BCUT2D eigenvalue weighted by Crippen LogP contribution is 2.22. The molecular formula is C15H21N5O3. The molecule has 8 heteroatoms. The zero-order valence-electron chi connectivity index (χ0n) is 13.1. The third kappa shape index (κ3) is 3.30. The second kappa shape index (κ2) is 6.72. The maximum atomic E-state index is 12.5. The number of hydrogen-bond acceptors (Lipinski definition) is 4. The van der Waals surface area contributed by atoms with Crippen LogP contribution in [0.3, 0.4) is 0 Å². The summed E-state index contributed by atoms with van der Waals surface area (Å²) in [6.07, 6.45) is 3.41. The summed E-state index contributed by atoms with van der Waals surface area (Å²) in [5.74, 6) is 0.383. The Morgan fingerprint density at radius 1 is 1.48 bits per heavy atom. The van der Waals surface area contributed by atoms with E-state index < -0.39 is 0 Å². The van der Waals surface area contributed by atoms with Gasteiger partial charge in [-0.3, -0.25) is 0 Å². The Labute approximate surface area is 134 Å². The van der Waals surface area contributed by atoms with Crippen molar-refractivity contribution >= 4 is 17.7 Å². The SMILES string of the molecule is COc1ncccc1NC(=O)N1CCCC(N2CCNC2=O)C1. The van der Waals surface area contributed by atoms with Crippen molar-refractivity contribution in [1.82, 2.24) is 20.1 Å². The first-order valence-corrected chi connectivity index (χ1v) is 7.78. The van der Waals surface area contributed by atoms with Crippen molar-refractivity contribution in [3.8, 4) is 5.88 Å². The summed E-state index contributed by atoms with van der Waals surface area (Å²) in [5.41, 5.74) is 0.543. The van der Waals surface area contributed by atoms with Gasteiger partial charge in [0, 0.05) is 32.4 Å². The molecule has 8 nitrogen and oxygen atoms in total. The van der Waals surface area contributed by atoms with E-state index in [0.29, 0.717) is 37.7 Å². The lowest BCUT2D eigenvalue weighted by atomic mass is 10.0. The Balaban J connectivity index is 1.64. The number of nitrogens with one attached hydrogen (secondary N) is 2. The number of likely N-dealkylation sites (tertiary alicyclic amines) is 1. The molecule has 0 aromatic carbocycles. The largest absolute Gasteiger partial charge is 0.480 e. The maximum absolute atomic E-state index is 12.5. The average molecular weight is 319 g/mol. The molecule has 2 aliphatic rings. The van der Waals surface area contributed by atoms with Gasteiger partial charge in [-0.2, -0.15) is 0 Å². The summed E-state index contributed by atoms with van der Waals surface area (Å²) in [5, 5.41) is 5.64. The molecular weight excluding hydrogens is 298 g/mol. The minimum Gasteiger partial charge on any atom is -0.480 e. The van der Waals surface area contributed by atoms with E-state index in [2.05, 4.69) is 15.6 Å². The highest BCUT2D eigenvalue weighted by atomic mass is 16.5. The van der Waals surface area contributed by atoms with Crippen LogP contribution in [0.4, 0.5) is 15.3 Å². The van der Waals surface area contributed by atoms with E-state index in [-0.39, 0.29) is 18.1 Å². The molecule has 3 rings (SSSR count). The molecule has 4 amide bonds. The highest BCUT2D eigenvalue weighted by molar-refractivity contribution is 5.90. The zero-order chi connectivity index (χ0) is 16.2. The Morgan fingerprint density at radius 3 is 3.09 bits per heavy atom. The van der Waals surface area contributed by atoms with Crippen LogP contribution in [-0.4, -0.2) is 66.2 Å². The fraction of sp³-hybridized carbons (Fsp3) is 0.533. The van der Waals surface area contributed by atoms with Crippen molar-refractivity contribution in [3.05, 3.63) is 18.3 Å². The molecule has 2 saturated heterocycles. The molecule has 0 spiro atoms. The van der Waals surface area contributed by atoms with Crippen LogP contribution >= 0.6 is 0 Å². The van der Waals surface area contributed by atoms with Crippen LogP contribution in [0.2, 0.25) is 0 Å². The Kier molecular flexibility index (Phi) is 4.50. The summed E-state index contributed by atoms with van der Waals surface area (Å²) in [6.45, 7) is 2.60. The van der Waals surface area contributed by atoms with E-state index in [1.54, 1.807) is 23.2 Å². The zero-order valence-corrected chi connectivity index (χ0v) is 13.1. The number of methoxy groups -OCH3 is 1. The van der Waals surface area contributed by atoms with E-state index in [4.69, 9.17) is 4.74 Å². The number of anilines is 1. The smallest absolute Gasteiger partial charge is 0.322 e. The molecule has 1 atom stereocenters. The van der Waals surface area contributed by atoms with Crippen molar-refractivity contribution in [3.63, 3.8) is 0 Å². The Hall–Kier alpha value is -2.51. The van der Waals surface area contributed by atoms with Gasteiger partial charge in [0.25, 0.3) is 0 Å². The van der Waals surface area contributed by atoms with E-state index >= 15 is 0 Å². The van der Waals surface area contributed by atoms with Gasteiger partial charge in [-0.25, -0.2) is 14.6 Å². The third-order valence-corrected chi connectivity index (χ3v) is 4.22. The molecule has 0 saturated carbocycles. The van der Waals surface area contributed by atoms with Gasteiger partial charge in [0.05, 0.1) is 13.2 Å². The lowest BCUT2D eigenvalue weighted by Gasteiger charge is -2.36. The molecule has 0 bridgehead atoms. The predicted molar refractivity (Wildman–Crippen MR) is 84.5 cm³/mol. The van der Waals surface area contributed by atoms with Gasteiger partial charge in [0.1, 0.15) is 5.69 Å². The first-order valence-electron chi connectivity index (χ1n) is 7.78. The first kappa shape index (κ1) is 15.4. The summed E-state index contributed by atoms with van der Waals surface area (Å²) in [4.78, 5) is 31.9. The van der Waals surface area contributed by atoms with E-state index in [1.165, 1.54) is 7.11 Å². The maximum Gasteiger partial charge on any atom is 0.322 e. The molecule has 0 aliphatic carbocycles. The normalized spacial score (nSPS) is 21.1. The number of amides is 4. The van der Waals surface area contributed by atoms with Crippen LogP contribution in [0.1, 0.15) is 12.8 Å².